The highest BCUT2D eigenvalue weighted by atomic mass is 19.4. The van der Waals surface area contributed by atoms with Crippen LogP contribution in [0.3, 0.4) is 0 Å². The highest BCUT2D eigenvalue weighted by molar-refractivity contribution is 6.10. The molecule has 3 atom stereocenters. The number of carbonyl (C=O) groups excluding carboxylic acids is 2. The van der Waals surface area contributed by atoms with Crippen LogP contribution in [0.25, 0.3) is 11.0 Å². The average Bonchev–Trinajstić information content (AvgIpc) is 3.27. The van der Waals surface area contributed by atoms with Gasteiger partial charge in [0, 0.05) is 18.5 Å². The third-order valence-corrected chi connectivity index (χ3v) is 4.81. The number of Topliss-reactive ketones (excluding diaryl/α,β-unsaturated/α-hetero) is 1. The summed E-state index contributed by atoms with van der Waals surface area (Å²) in [4.78, 5) is 30.0. The lowest BCUT2D eigenvalue weighted by molar-refractivity contribution is -0.0884. The van der Waals surface area contributed by atoms with Crippen LogP contribution in [-0.2, 0) is 0 Å². The minimum Gasteiger partial charge on any atom is -0.462 e. The number of alkyl halides is 3. The number of halogens is 3. The van der Waals surface area contributed by atoms with Gasteiger partial charge in [-0.3, -0.25) is 14.5 Å². The van der Waals surface area contributed by atoms with Gasteiger partial charge in [-0.05, 0) is 24.8 Å². The molecule has 9 heteroatoms. The van der Waals surface area contributed by atoms with Crippen LogP contribution in [0.2, 0.25) is 0 Å². The zero-order chi connectivity index (χ0) is 17.8. The number of pyridine rings is 1. The van der Waals surface area contributed by atoms with Crippen LogP contribution in [0.15, 0.2) is 22.9 Å². The molecule has 0 radical (unpaired) electrons. The number of fused-ring (bicyclic) bond motifs is 3. The van der Waals surface area contributed by atoms with E-state index in [9.17, 15) is 22.8 Å². The largest absolute Gasteiger partial charge is 0.462 e. The van der Waals surface area contributed by atoms with Crippen LogP contribution in [0.1, 0.15) is 33.7 Å². The summed E-state index contributed by atoms with van der Waals surface area (Å²) in [6.07, 6.45) is -1.22. The van der Waals surface area contributed by atoms with Gasteiger partial charge in [0.1, 0.15) is 12.0 Å². The van der Waals surface area contributed by atoms with Crippen LogP contribution in [-0.4, -0.2) is 47.0 Å². The fourth-order valence-electron chi connectivity index (χ4n) is 3.56. The predicted octanol–water partition coefficient (Wildman–Crippen LogP) is 2.35. The van der Waals surface area contributed by atoms with Gasteiger partial charge in [0.15, 0.2) is 5.58 Å². The first-order valence-electron chi connectivity index (χ1n) is 7.86. The molecule has 6 nitrogen and oxygen atoms in total. The van der Waals surface area contributed by atoms with Crippen LogP contribution >= 0.6 is 0 Å². The fraction of sp³-hybridized carbons (Fsp3) is 0.438. The Hall–Kier alpha value is -2.42. The molecule has 0 spiro atoms. The van der Waals surface area contributed by atoms with Crippen molar-refractivity contribution in [1.29, 1.82) is 0 Å². The van der Waals surface area contributed by atoms with Crippen LogP contribution in [0.5, 0.6) is 0 Å². The first kappa shape index (κ1) is 16.1. The van der Waals surface area contributed by atoms with E-state index >= 15 is 0 Å². The van der Waals surface area contributed by atoms with Crippen molar-refractivity contribution in [3.05, 3.63) is 29.8 Å². The van der Waals surface area contributed by atoms with Gasteiger partial charge < -0.3 is 9.73 Å². The summed E-state index contributed by atoms with van der Waals surface area (Å²) in [5.41, 5.74) is -0.649. The molecule has 2 saturated heterocycles. The Labute approximate surface area is 140 Å². The first-order valence-corrected chi connectivity index (χ1v) is 7.86. The van der Waals surface area contributed by atoms with Crippen molar-refractivity contribution in [2.24, 2.45) is 5.92 Å². The van der Waals surface area contributed by atoms with Crippen molar-refractivity contribution in [2.45, 2.75) is 25.2 Å². The van der Waals surface area contributed by atoms with Crippen LogP contribution in [0, 0.1) is 5.92 Å². The van der Waals surface area contributed by atoms with Gasteiger partial charge >= 0.3 is 6.18 Å². The Bertz CT molecular complexity index is 861. The molecule has 4 rings (SSSR count). The summed E-state index contributed by atoms with van der Waals surface area (Å²) in [6, 6.07) is 1.16. The van der Waals surface area contributed by atoms with E-state index in [-0.39, 0.29) is 22.8 Å². The van der Waals surface area contributed by atoms with Crippen molar-refractivity contribution >= 4 is 22.7 Å². The van der Waals surface area contributed by atoms with E-state index in [4.69, 9.17) is 4.42 Å². The third-order valence-electron chi connectivity index (χ3n) is 4.81. The van der Waals surface area contributed by atoms with E-state index in [2.05, 4.69) is 15.2 Å². The molecule has 1 amide bonds. The van der Waals surface area contributed by atoms with Gasteiger partial charge in [0.05, 0.1) is 17.9 Å². The first-order chi connectivity index (χ1) is 11.8. The van der Waals surface area contributed by atoms with E-state index in [1.54, 1.807) is 0 Å². The van der Waals surface area contributed by atoms with E-state index in [1.165, 1.54) is 0 Å². The zero-order valence-corrected chi connectivity index (χ0v) is 13.0. The summed E-state index contributed by atoms with van der Waals surface area (Å²) in [5, 5.41) is 2.78. The Morgan fingerprint density at radius 1 is 1.36 bits per heavy atom. The average molecular weight is 353 g/mol. The van der Waals surface area contributed by atoms with Crippen LogP contribution < -0.4 is 5.32 Å². The molecule has 2 bridgehead atoms. The number of nitrogens with zero attached hydrogens (tertiary/aromatic N) is 2. The number of carbonyl (C=O) groups is 2. The second kappa shape index (κ2) is 5.55. The highest BCUT2D eigenvalue weighted by Crippen LogP contribution is 2.32. The maximum Gasteiger partial charge on any atom is 0.455 e. The Balaban J connectivity index is 1.60. The van der Waals surface area contributed by atoms with E-state index < -0.39 is 23.4 Å². The number of amides is 1. The number of ketones is 1. The molecular weight excluding hydrogens is 339 g/mol. The van der Waals surface area contributed by atoms with E-state index in [0.717, 1.165) is 44.5 Å². The molecule has 2 aliphatic rings. The lowest BCUT2D eigenvalue weighted by Crippen LogP contribution is -2.45. The molecule has 0 saturated carbocycles. The lowest BCUT2D eigenvalue weighted by atomic mass is 10.0. The van der Waals surface area contributed by atoms with E-state index in [1.807, 2.05) is 0 Å². The molecule has 4 heterocycles. The molecular formula is C16H14F3N3O3. The van der Waals surface area contributed by atoms with Gasteiger partial charge in [-0.15, -0.1) is 0 Å². The lowest BCUT2D eigenvalue weighted by Gasteiger charge is -2.25. The van der Waals surface area contributed by atoms with Gasteiger partial charge in [0.2, 0.25) is 0 Å². The molecule has 0 aromatic carbocycles. The number of piperidine rings is 1. The summed E-state index contributed by atoms with van der Waals surface area (Å²) >= 11 is 0. The maximum atomic E-state index is 12.7. The Kier molecular flexibility index (Phi) is 3.57. The van der Waals surface area contributed by atoms with Crippen molar-refractivity contribution in [1.82, 2.24) is 15.2 Å². The Morgan fingerprint density at radius 3 is 2.80 bits per heavy atom. The molecule has 0 aliphatic carbocycles. The fourth-order valence-corrected chi connectivity index (χ4v) is 3.56. The topological polar surface area (TPSA) is 75.4 Å². The number of aromatic nitrogens is 1. The minimum atomic E-state index is -5.02. The normalized spacial score (nSPS) is 25.5. The van der Waals surface area contributed by atoms with Crippen molar-refractivity contribution < 1.29 is 27.2 Å². The van der Waals surface area contributed by atoms with E-state index in [0.29, 0.717) is 5.92 Å². The molecule has 2 aromatic rings. The summed E-state index contributed by atoms with van der Waals surface area (Å²) in [7, 11) is 0. The quantitative estimate of drug-likeness (QED) is 0.858. The van der Waals surface area contributed by atoms with Crippen molar-refractivity contribution in [3.8, 4) is 0 Å². The summed E-state index contributed by atoms with van der Waals surface area (Å²) in [6.45, 7) is 1.87. The zero-order valence-electron chi connectivity index (χ0n) is 13.0. The van der Waals surface area contributed by atoms with Crippen LogP contribution in [0.4, 0.5) is 13.2 Å². The molecule has 25 heavy (non-hydrogen) atoms. The molecule has 2 fully saturated rings. The standard InChI is InChI=1S/C16H14F3N3O3/c17-16(18,19)14(23)10-7-25-12-5-20-11(4-9(10)12)15(24)21-13-3-8-1-2-22(13)6-8/h4-5,7-8,13H,1-3,6H2,(H,21,24). The van der Waals surface area contributed by atoms with Gasteiger partial charge in [-0.1, -0.05) is 0 Å². The molecule has 3 unspecified atom stereocenters. The summed E-state index contributed by atoms with van der Waals surface area (Å²) in [5.74, 6) is -1.92. The number of nitrogens with one attached hydrogen (secondary N) is 1. The summed E-state index contributed by atoms with van der Waals surface area (Å²) < 4.78 is 42.9. The SMILES string of the molecule is O=C(NC1CC2CCN1C2)c1cc2c(C(=O)C(F)(F)F)coc2cn1. The van der Waals surface area contributed by atoms with Gasteiger partial charge in [-0.2, -0.15) is 13.2 Å². The Morgan fingerprint density at radius 2 is 2.16 bits per heavy atom. The number of rotatable bonds is 3. The number of furan rings is 1. The van der Waals surface area contributed by atoms with Gasteiger partial charge in [-0.25, -0.2) is 4.98 Å². The minimum absolute atomic E-state index is 0.0211. The monoisotopic (exact) mass is 353 g/mol. The van der Waals surface area contributed by atoms with Crippen molar-refractivity contribution in [2.75, 3.05) is 13.1 Å². The highest BCUT2D eigenvalue weighted by Gasteiger charge is 2.41. The molecule has 2 aromatic heterocycles. The third kappa shape index (κ3) is 2.78. The van der Waals surface area contributed by atoms with Gasteiger partial charge in [0.25, 0.3) is 11.7 Å². The number of hydrogen-bond donors (Lipinski definition) is 1. The molecule has 132 valence electrons. The predicted molar refractivity (Wildman–Crippen MR) is 79.9 cm³/mol. The maximum absolute atomic E-state index is 12.7. The molecule has 1 N–H and O–H groups in total. The van der Waals surface area contributed by atoms with Crippen molar-refractivity contribution in [3.63, 3.8) is 0 Å². The second-order valence-electron chi connectivity index (χ2n) is 6.42. The smallest absolute Gasteiger partial charge is 0.455 e. The second-order valence-corrected chi connectivity index (χ2v) is 6.42. The molecule has 2 aliphatic heterocycles. The number of hydrogen-bond acceptors (Lipinski definition) is 5.